The first kappa shape index (κ1) is 39.4. The molecule has 6 N–H and O–H groups in total. The lowest BCUT2D eigenvalue weighted by molar-refractivity contribution is 0.415. The van der Waals surface area contributed by atoms with Crippen molar-refractivity contribution >= 4 is 23.5 Å². The summed E-state index contributed by atoms with van der Waals surface area (Å²) in [6.45, 7) is 0. The fourth-order valence-corrected chi connectivity index (χ4v) is 16.3. The highest BCUT2D eigenvalue weighted by Gasteiger charge is 2.73. The van der Waals surface area contributed by atoms with Gasteiger partial charge in [0.05, 0.1) is 0 Å². The Hall–Kier alpha value is -6.11. The van der Waals surface area contributed by atoms with E-state index in [0.29, 0.717) is 23.0 Å². The van der Waals surface area contributed by atoms with Crippen LogP contribution in [-0.4, -0.2) is 0 Å². The first-order valence-corrected chi connectivity index (χ1v) is 24.4. The molecule has 1 aliphatic heterocycles. The van der Waals surface area contributed by atoms with Crippen molar-refractivity contribution in [3.8, 4) is 67.5 Å². The van der Waals surface area contributed by atoms with Crippen molar-refractivity contribution in [3.63, 3.8) is 0 Å². The summed E-state index contributed by atoms with van der Waals surface area (Å²) in [5.74, 6) is 1.96. The molecule has 1 saturated heterocycles. The minimum atomic E-state index is -3.67. The summed E-state index contributed by atoms with van der Waals surface area (Å²) in [6, 6.07) is 71.4. The van der Waals surface area contributed by atoms with Gasteiger partial charge in [0.2, 0.25) is 7.51 Å². The number of nitrogens with one attached hydrogen (secondary N) is 4. The Labute approximate surface area is 351 Å². The lowest BCUT2D eigenvalue weighted by atomic mass is 10.1. The monoisotopic (exact) mass is 845 g/mol. The zero-order valence-electron chi connectivity index (χ0n) is 32.3. The maximum Gasteiger partial charge on any atom is 0.566 e. The van der Waals surface area contributed by atoms with Gasteiger partial charge >= 0.3 is 16.0 Å². The number of rotatable bonds is 12. The molecule has 60 heavy (non-hydrogen) atoms. The van der Waals surface area contributed by atoms with Crippen molar-refractivity contribution in [2.45, 2.75) is 0 Å². The average Bonchev–Trinajstić information content (AvgIpc) is 3.28. The van der Waals surface area contributed by atoms with E-state index < -0.39 is 23.5 Å². The van der Waals surface area contributed by atoms with E-state index in [0.717, 1.165) is 44.5 Å². The zero-order chi connectivity index (χ0) is 40.8. The second kappa shape index (κ2) is 17.2. The van der Waals surface area contributed by atoms with Gasteiger partial charge in [0.15, 0.2) is 23.0 Å². The van der Waals surface area contributed by atoms with Crippen LogP contribution in [-0.2, 0) is 0 Å². The van der Waals surface area contributed by atoms with Crippen molar-refractivity contribution in [3.05, 3.63) is 218 Å². The summed E-state index contributed by atoms with van der Waals surface area (Å²) in [4.78, 5) is 10.1. The van der Waals surface area contributed by atoms with Gasteiger partial charge in [0, 0.05) is 0 Å². The van der Waals surface area contributed by atoms with E-state index in [9.17, 15) is 5.16 Å². The quantitative estimate of drug-likeness (QED) is 0.0771. The lowest BCUT2D eigenvalue weighted by Gasteiger charge is -2.35. The molecule has 0 radical (unpaired) electrons. The molecule has 9 nitrogen and oxygen atoms in total. The Kier molecular flexibility index (Phi) is 11.3. The smallest absolute Gasteiger partial charge is 0.272 e. The molecular weight excluding hydrogens is 803 g/mol. The Morgan fingerprint density at radius 2 is 0.517 bits per heavy atom. The van der Waals surface area contributed by atoms with Crippen LogP contribution in [0.5, 0.6) is 23.0 Å². The molecule has 296 valence electrons. The van der Waals surface area contributed by atoms with Crippen molar-refractivity contribution in [2.24, 2.45) is 5.50 Å². The summed E-state index contributed by atoms with van der Waals surface area (Å²) in [6.07, 6.45) is 0. The number of hydrogen-bond donors (Lipinski definition) is 5. The Bertz CT molecular complexity index is 2340. The predicted octanol–water partition coefficient (Wildman–Crippen LogP) is 13.6. The average molecular weight is 846 g/mol. The zero-order valence-corrected chi connectivity index (χ0v) is 35.0. The van der Waals surface area contributed by atoms with Crippen LogP contribution in [0, 0.1) is 5.16 Å². The van der Waals surface area contributed by atoms with E-state index >= 15 is 0 Å². The summed E-state index contributed by atoms with van der Waals surface area (Å²) in [7, 11) is -10.9. The van der Waals surface area contributed by atoms with Gasteiger partial charge in [-0.15, -0.1) is 0 Å². The molecule has 0 atom stereocenters. The highest BCUT2D eigenvalue weighted by atomic mass is 31.3. The van der Waals surface area contributed by atoms with Gasteiger partial charge in [-0.25, -0.2) is 0 Å². The van der Waals surface area contributed by atoms with E-state index in [1.165, 1.54) is 0 Å². The fourth-order valence-electron chi connectivity index (χ4n) is 6.81. The van der Waals surface area contributed by atoms with Crippen molar-refractivity contribution in [1.82, 2.24) is 14.6 Å². The van der Waals surface area contributed by atoms with Gasteiger partial charge < -0.3 is 0 Å². The minimum absolute atomic E-state index is 0.489. The Morgan fingerprint density at radius 1 is 0.317 bits per heavy atom. The Balaban J connectivity index is 1.11. The highest BCUT2D eigenvalue weighted by molar-refractivity contribution is 7.92. The molecule has 0 aliphatic carbocycles. The van der Waals surface area contributed by atoms with Gasteiger partial charge in [-0.05, 0) is 103 Å². The molecule has 0 amide bonds. The minimum Gasteiger partial charge on any atom is -0.272 e. The normalized spacial score (nSPS) is 15.0. The second-order valence-electron chi connectivity index (χ2n) is 14.1. The lowest BCUT2D eigenvalue weighted by Crippen LogP contribution is -2.49. The van der Waals surface area contributed by atoms with Crippen molar-refractivity contribution < 1.29 is 18.1 Å². The first-order valence-electron chi connectivity index (χ1n) is 19.3. The van der Waals surface area contributed by atoms with E-state index in [2.05, 4.69) is 63.1 Å². The van der Waals surface area contributed by atoms with Crippen LogP contribution < -0.4 is 38.2 Å². The van der Waals surface area contributed by atoms with E-state index in [4.69, 9.17) is 23.6 Å². The predicted molar refractivity (Wildman–Crippen MR) is 247 cm³/mol. The largest absolute Gasteiger partial charge is 0.566 e. The third-order valence-corrected chi connectivity index (χ3v) is 18.2. The third kappa shape index (κ3) is 9.35. The number of benzene rings is 8. The standard InChI is InChI=1S/C48H42N5O4P3/c49-58(50)51-59(54-45-29-21-41(22-30-45)37-13-5-1-6-14-37,55-46-31-23-42(24-32-46)38-15-7-2-8-16-38)53-60(52-58,56-47-33-25-43(26-34-47)39-17-9-3-10-18-39)57-48-35-27-44(28-36-48)40-19-11-4-12-20-40/h1-36,53H,(H5,49,50,51,52)/q+2. The molecule has 1 aliphatic rings. The molecule has 8 aromatic carbocycles. The molecule has 0 spiro atoms. The molecule has 0 unspecified atom stereocenters. The van der Waals surface area contributed by atoms with Crippen LogP contribution in [0.2, 0.25) is 0 Å². The highest BCUT2D eigenvalue weighted by Crippen LogP contribution is 2.74. The number of nitrogens with two attached hydrogens (primary N) is 1. The van der Waals surface area contributed by atoms with E-state index in [1.807, 2.05) is 170 Å². The van der Waals surface area contributed by atoms with Crippen LogP contribution in [0.1, 0.15) is 0 Å². The molecule has 1 fully saturated rings. The first-order chi connectivity index (χ1) is 29.3. The molecule has 0 aromatic heterocycles. The SMILES string of the molecule is N=P1(N)N[P+](Oc2ccc(-c3ccccc3)cc2)(Oc2ccc(-c3ccccc3)cc2)N[P+](Oc2ccc(-c3ccccc3)cc2)(Oc2ccc(-c3ccccc3)cc2)N1. The van der Waals surface area contributed by atoms with Crippen LogP contribution in [0.15, 0.2) is 218 Å². The topological polar surface area (TPSA) is 123 Å². The van der Waals surface area contributed by atoms with Crippen LogP contribution in [0.25, 0.3) is 44.5 Å². The summed E-state index contributed by atoms with van der Waals surface area (Å²) in [5.41, 5.74) is 15.3. The van der Waals surface area contributed by atoms with Crippen LogP contribution in [0.4, 0.5) is 0 Å². The molecule has 0 saturated carbocycles. The van der Waals surface area contributed by atoms with Crippen LogP contribution >= 0.6 is 23.5 Å². The van der Waals surface area contributed by atoms with E-state index in [1.54, 1.807) is 0 Å². The van der Waals surface area contributed by atoms with Gasteiger partial charge in [0.1, 0.15) is 4.86 Å². The molecule has 1 heterocycles. The summed E-state index contributed by atoms with van der Waals surface area (Å²) in [5, 5.41) is 9.55. The fraction of sp³-hybridized carbons (Fsp3) is 0. The summed E-state index contributed by atoms with van der Waals surface area (Å²) >= 11 is 0. The van der Waals surface area contributed by atoms with Gasteiger partial charge in [-0.2, -0.15) is 0 Å². The molecule has 9 rings (SSSR count). The second-order valence-corrected chi connectivity index (χ2v) is 20.8. The molecular formula is C48H42N5O4P3+2. The van der Waals surface area contributed by atoms with E-state index in [-0.39, 0.29) is 0 Å². The van der Waals surface area contributed by atoms with Gasteiger partial charge in [-0.3, -0.25) is 28.8 Å². The number of hydrogen-bond acceptors (Lipinski definition) is 6. The maximum atomic E-state index is 9.55. The van der Waals surface area contributed by atoms with Crippen LogP contribution in [0.3, 0.4) is 0 Å². The molecule has 0 bridgehead atoms. The van der Waals surface area contributed by atoms with Gasteiger partial charge in [0.25, 0.3) is 0 Å². The maximum absolute atomic E-state index is 9.55. The molecule has 8 aromatic rings. The molecule has 12 heteroatoms. The Morgan fingerprint density at radius 3 is 0.733 bits per heavy atom. The third-order valence-electron chi connectivity index (χ3n) is 9.62. The van der Waals surface area contributed by atoms with Crippen molar-refractivity contribution in [2.75, 3.05) is 0 Å². The van der Waals surface area contributed by atoms with Gasteiger partial charge in [-0.1, -0.05) is 170 Å². The summed E-state index contributed by atoms with van der Waals surface area (Å²) < 4.78 is 27.6. The van der Waals surface area contributed by atoms with Crippen molar-refractivity contribution in [1.29, 1.82) is 5.16 Å².